The van der Waals surface area contributed by atoms with Crippen LogP contribution < -0.4 is 9.47 Å². The van der Waals surface area contributed by atoms with E-state index in [-0.39, 0.29) is 13.2 Å². The molecule has 0 bridgehead atoms. The molecular weight excluding hydrogens is 326 g/mol. The fraction of sp³-hybridized carbons (Fsp3) is 0.235. The fourth-order valence-corrected chi connectivity index (χ4v) is 2.09. The van der Waals surface area contributed by atoms with Gasteiger partial charge in [-0.2, -0.15) is 4.98 Å². The van der Waals surface area contributed by atoms with Crippen molar-refractivity contribution in [2.24, 2.45) is 0 Å². The quantitative estimate of drug-likeness (QED) is 0.490. The first kappa shape index (κ1) is 16.7. The zero-order valence-corrected chi connectivity index (χ0v) is 13.2. The second-order valence-corrected chi connectivity index (χ2v) is 4.89. The second-order valence-electron chi connectivity index (χ2n) is 4.89. The van der Waals surface area contributed by atoms with Crippen molar-refractivity contribution in [1.82, 2.24) is 9.97 Å². The predicted octanol–water partition coefficient (Wildman–Crippen LogP) is 2.14. The van der Waals surface area contributed by atoms with E-state index in [1.807, 2.05) is 0 Å². The average molecular weight is 341 g/mol. The van der Waals surface area contributed by atoms with Crippen LogP contribution in [0.4, 0.5) is 0 Å². The Hall–Kier alpha value is -3.15. The highest BCUT2D eigenvalue weighted by Crippen LogP contribution is 2.26. The van der Waals surface area contributed by atoms with E-state index in [1.165, 1.54) is 0 Å². The monoisotopic (exact) mass is 341 g/mol. The highest BCUT2D eigenvalue weighted by atomic mass is 16.5. The van der Waals surface area contributed by atoms with Crippen molar-refractivity contribution in [3.8, 4) is 29.3 Å². The molecule has 8 nitrogen and oxygen atoms in total. The number of hydrogen-bond donors (Lipinski definition) is 1. The summed E-state index contributed by atoms with van der Waals surface area (Å²) < 4.78 is 21.0. The number of aromatic nitrogens is 2. The molecule has 0 aliphatic carbocycles. The van der Waals surface area contributed by atoms with E-state index in [0.29, 0.717) is 42.0 Å². The molecule has 0 unspecified atom stereocenters. The molecule has 128 valence electrons. The number of fused-ring (bicyclic) bond motifs is 1. The van der Waals surface area contributed by atoms with Gasteiger partial charge in [0, 0.05) is 11.6 Å². The number of hydrogen-bond acceptors (Lipinski definition) is 8. The summed E-state index contributed by atoms with van der Waals surface area (Å²) in [7, 11) is 0. The third-order valence-electron chi connectivity index (χ3n) is 3.21. The number of oxazole rings is 1. The van der Waals surface area contributed by atoms with Gasteiger partial charge in [-0.1, -0.05) is 0 Å². The Morgan fingerprint density at radius 1 is 1.04 bits per heavy atom. The van der Waals surface area contributed by atoms with Crippen molar-refractivity contribution >= 4 is 11.2 Å². The molecule has 3 rings (SSSR count). The maximum absolute atomic E-state index is 8.62. The molecule has 1 aromatic carbocycles. The summed E-state index contributed by atoms with van der Waals surface area (Å²) in [6.45, 7) is 0.938. The minimum absolute atomic E-state index is 0.0192. The minimum atomic E-state index is -0.0192. The van der Waals surface area contributed by atoms with Crippen molar-refractivity contribution in [3.05, 3.63) is 36.4 Å². The summed E-state index contributed by atoms with van der Waals surface area (Å²) in [5.74, 6) is 1.26. The van der Waals surface area contributed by atoms with Crippen LogP contribution in [-0.2, 0) is 4.74 Å². The standard InChI is InChI=1S/C17H15N3O5/c18-11-24-13-3-1-12(2-4-13)16-19-14-5-6-15(20-17(14)25-16)23-10-9-22-8-7-21/h1-6,21H,7-10H2. The van der Waals surface area contributed by atoms with Gasteiger partial charge in [-0.15, -0.1) is 5.26 Å². The molecule has 8 heteroatoms. The van der Waals surface area contributed by atoms with Crippen LogP contribution in [0.5, 0.6) is 11.6 Å². The number of pyridine rings is 1. The van der Waals surface area contributed by atoms with Gasteiger partial charge in [-0.25, -0.2) is 4.98 Å². The van der Waals surface area contributed by atoms with Crippen molar-refractivity contribution in [2.45, 2.75) is 0 Å². The molecule has 0 radical (unpaired) electrons. The van der Waals surface area contributed by atoms with E-state index in [1.54, 1.807) is 42.7 Å². The number of benzene rings is 1. The van der Waals surface area contributed by atoms with Crippen LogP contribution in [0.1, 0.15) is 0 Å². The van der Waals surface area contributed by atoms with E-state index in [2.05, 4.69) is 9.97 Å². The molecule has 0 fully saturated rings. The van der Waals surface area contributed by atoms with Gasteiger partial charge in [0.25, 0.3) is 12.0 Å². The zero-order chi connectivity index (χ0) is 17.5. The van der Waals surface area contributed by atoms with E-state index < -0.39 is 0 Å². The van der Waals surface area contributed by atoms with Crippen LogP contribution in [0.2, 0.25) is 0 Å². The maximum atomic E-state index is 8.62. The number of ether oxygens (including phenoxy) is 3. The average Bonchev–Trinajstić information content (AvgIpc) is 3.06. The number of aliphatic hydroxyl groups is 1. The maximum Gasteiger partial charge on any atom is 0.292 e. The van der Waals surface area contributed by atoms with Gasteiger partial charge in [-0.3, -0.25) is 0 Å². The normalized spacial score (nSPS) is 10.6. The van der Waals surface area contributed by atoms with Crippen LogP contribution in [0.25, 0.3) is 22.7 Å². The molecule has 0 atom stereocenters. The number of nitriles is 1. The summed E-state index contributed by atoms with van der Waals surface area (Å²) >= 11 is 0. The Morgan fingerprint density at radius 3 is 2.64 bits per heavy atom. The Morgan fingerprint density at radius 2 is 1.88 bits per heavy atom. The van der Waals surface area contributed by atoms with Gasteiger partial charge in [0.15, 0.2) is 0 Å². The van der Waals surface area contributed by atoms with Crippen LogP contribution in [-0.4, -0.2) is 41.5 Å². The van der Waals surface area contributed by atoms with Gasteiger partial charge in [0.05, 0.1) is 19.8 Å². The van der Waals surface area contributed by atoms with Crippen molar-refractivity contribution in [2.75, 3.05) is 26.4 Å². The smallest absolute Gasteiger partial charge is 0.292 e. The second kappa shape index (κ2) is 8.10. The SMILES string of the molecule is N#COc1ccc(-c2nc3ccc(OCCOCCO)nc3o2)cc1. The van der Waals surface area contributed by atoms with E-state index in [4.69, 9.17) is 29.0 Å². The fourth-order valence-electron chi connectivity index (χ4n) is 2.09. The summed E-state index contributed by atoms with van der Waals surface area (Å²) in [6.07, 6.45) is 1.61. The Balaban J connectivity index is 1.70. The summed E-state index contributed by atoms with van der Waals surface area (Å²) in [5, 5.41) is 17.1. The molecule has 2 aromatic heterocycles. The molecule has 0 saturated carbocycles. The molecule has 0 aliphatic rings. The van der Waals surface area contributed by atoms with Crippen LogP contribution in [0, 0.1) is 11.5 Å². The van der Waals surface area contributed by atoms with Crippen molar-refractivity contribution < 1.29 is 23.7 Å². The lowest BCUT2D eigenvalue weighted by molar-refractivity contribution is 0.0695. The number of aliphatic hydroxyl groups excluding tert-OH is 1. The molecule has 0 spiro atoms. The van der Waals surface area contributed by atoms with Crippen molar-refractivity contribution in [1.29, 1.82) is 5.26 Å². The lowest BCUT2D eigenvalue weighted by Crippen LogP contribution is -2.09. The van der Waals surface area contributed by atoms with Gasteiger partial charge < -0.3 is 23.7 Å². The summed E-state index contributed by atoms with van der Waals surface area (Å²) in [5.41, 5.74) is 1.71. The molecule has 0 amide bonds. The highest BCUT2D eigenvalue weighted by Gasteiger charge is 2.11. The predicted molar refractivity (Wildman–Crippen MR) is 86.9 cm³/mol. The zero-order valence-electron chi connectivity index (χ0n) is 13.2. The summed E-state index contributed by atoms with van der Waals surface area (Å²) in [6, 6.07) is 10.3. The van der Waals surface area contributed by atoms with E-state index in [0.717, 1.165) is 5.56 Å². The van der Waals surface area contributed by atoms with Gasteiger partial charge in [0.1, 0.15) is 17.9 Å². The molecule has 3 aromatic rings. The first-order valence-electron chi connectivity index (χ1n) is 7.55. The lowest BCUT2D eigenvalue weighted by atomic mass is 10.2. The van der Waals surface area contributed by atoms with E-state index >= 15 is 0 Å². The first-order valence-corrected chi connectivity index (χ1v) is 7.55. The topological polar surface area (TPSA) is 111 Å². The first-order chi connectivity index (χ1) is 12.3. The molecular formula is C17H15N3O5. The molecule has 0 aliphatic heterocycles. The summed E-state index contributed by atoms with van der Waals surface area (Å²) in [4.78, 5) is 8.64. The minimum Gasteiger partial charge on any atom is -0.475 e. The van der Waals surface area contributed by atoms with Crippen LogP contribution in [0.15, 0.2) is 40.8 Å². The lowest BCUT2D eigenvalue weighted by Gasteiger charge is -2.04. The Labute approximate surface area is 143 Å². The molecule has 1 N–H and O–H groups in total. The van der Waals surface area contributed by atoms with Gasteiger partial charge >= 0.3 is 0 Å². The number of rotatable bonds is 8. The molecule has 0 saturated heterocycles. The highest BCUT2D eigenvalue weighted by molar-refractivity contribution is 5.73. The third-order valence-corrected chi connectivity index (χ3v) is 3.21. The molecule has 25 heavy (non-hydrogen) atoms. The Bertz CT molecular complexity index is 870. The Kier molecular flexibility index (Phi) is 5.41. The largest absolute Gasteiger partial charge is 0.475 e. The van der Waals surface area contributed by atoms with Crippen LogP contribution >= 0.6 is 0 Å². The number of nitrogens with zero attached hydrogens (tertiary/aromatic N) is 3. The van der Waals surface area contributed by atoms with E-state index in [9.17, 15) is 0 Å². The van der Waals surface area contributed by atoms with Crippen LogP contribution in [0.3, 0.4) is 0 Å². The molecule has 2 heterocycles. The van der Waals surface area contributed by atoms with Gasteiger partial charge in [0.2, 0.25) is 11.8 Å². The van der Waals surface area contributed by atoms with Gasteiger partial charge in [-0.05, 0) is 30.3 Å². The van der Waals surface area contributed by atoms with Crippen molar-refractivity contribution in [3.63, 3.8) is 0 Å². The third kappa shape index (κ3) is 4.23.